The molecule has 0 bridgehead atoms. The topological polar surface area (TPSA) is 97.3 Å². The highest BCUT2D eigenvalue weighted by Crippen LogP contribution is 2.33. The Labute approximate surface area is 134 Å². The van der Waals surface area contributed by atoms with Crippen molar-refractivity contribution in [2.45, 2.75) is 44.6 Å². The van der Waals surface area contributed by atoms with E-state index in [0.29, 0.717) is 17.9 Å². The fourth-order valence-electron chi connectivity index (χ4n) is 2.59. The van der Waals surface area contributed by atoms with Gasteiger partial charge in [-0.1, -0.05) is 0 Å². The molecule has 0 saturated heterocycles. The standard InChI is InChI=1S/C15H23F2N5O/c1-3-22(2)13-10(8-11(18)12(19)21-13)14(23)20-9-4-6-15(16,17)7-5-9/h8-9H,3-7,18H2,1-2H3,(H2,19,21)(H,20,23). The van der Waals surface area contributed by atoms with Gasteiger partial charge in [-0.15, -0.1) is 0 Å². The summed E-state index contributed by atoms with van der Waals surface area (Å²) in [5.74, 6) is -2.40. The van der Waals surface area contributed by atoms with E-state index in [1.54, 1.807) is 11.9 Å². The third kappa shape index (κ3) is 4.00. The number of alkyl halides is 2. The van der Waals surface area contributed by atoms with Crippen LogP contribution in [0.25, 0.3) is 0 Å². The normalized spacial score (nSPS) is 17.7. The third-order valence-electron chi connectivity index (χ3n) is 4.20. The molecule has 1 aliphatic rings. The van der Waals surface area contributed by atoms with Gasteiger partial charge in [-0.25, -0.2) is 13.8 Å². The van der Waals surface area contributed by atoms with Crippen molar-refractivity contribution in [1.82, 2.24) is 10.3 Å². The number of carbonyl (C=O) groups is 1. The summed E-state index contributed by atoms with van der Waals surface area (Å²) in [7, 11) is 1.79. The maximum Gasteiger partial charge on any atom is 0.255 e. The summed E-state index contributed by atoms with van der Waals surface area (Å²) >= 11 is 0. The van der Waals surface area contributed by atoms with Crippen molar-refractivity contribution in [3.63, 3.8) is 0 Å². The molecule has 8 heteroatoms. The molecule has 0 unspecified atom stereocenters. The molecule has 5 N–H and O–H groups in total. The monoisotopic (exact) mass is 327 g/mol. The number of nitrogens with zero attached hydrogens (tertiary/aromatic N) is 2. The van der Waals surface area contributed by atoms with Gasteiger partial charge < -0.3 is 21.7 Å². The van der Waals surface area contributed by atoms with E-state index < -0.39 is 5.92 Å². The molecule has 1 fully saturated rings. The summed E-state index contributed by atoms with van der Waals surface area (Å²) in [5.41, 5.74) is 12.0. The van der Waals surface area contributed by atoms with Gasteiger partial charge in [0.15, 0.2) is 0 Å². The van der Waals surface area contributed by atoms with Gasteiger partial charge in [0.1, 0.15) is 11.6 Å². The van der Waals surface area contributed by atoms with Crippen molar-refractivity contribution in [2.75, 3.05) is 30.0 Å². The number of hydrogen-bond acceptors (Lipinski definition) is 5. The van der Waals surface area contributed by atoms with Gasteiger partial charge in [0.05, 0.1) is 11.3 Å². The molecule has 1 amide bonds. The largest absolute Gasteiger partial charge is 0.396 e. The first-order chi connectivity index (χ1) is 10.7. The lowest BCUT2D eigenvalue weighted by atomic mass is 9.92. The highest BCUT2D eigenvalue weighted by Gasteiger charge is 2.35. The minimum atomic E-state index is -2.62. The lowest BCUT2D eigenvalue weighted by Gasteiger charge is -2.29. The molecule has 1 saturated carbocycles. The van der Waals surface area contributed by atoms with Crippen LogP contribution in [0.5, 0.6) is 0 Å². The van der Waals surface area contributed by atoms with E-state index >= 15 is 0 Å². The lowest BCUT2D eigenvalue weighted by Crippen LogP contribution is -2.41. The summed E-state index contributed by atoms with van der Waals surface area (Å²) in [6, 6.07) is 1.22. The minimum Gasteiger partial charge on any atom is -0.396 e. The molecule has 1 aromatic rings. The predicted octanol–water partition coefficient (Wildman–Crippen LogP) is 2.01. The Balaban J connectivity index is 2.17. The number of nitrogens with two attached hydrogens (primary N) is 2. The third-order valence-corrected chi connectivity index (χ3v) is 4.20. The van der Waals surface area contributed by atoms with Crippen LogP contribution >= 0.6 is 0 Å². The van der Waals surface area contributed by atoms with Gasteiger partial charge in [-0.2, -0.15) is 0 Å². The highest BCUT2D eigenvalue weighted by molar-refractivity contribution is 6.00. The molecule has 23 heavy (non-hydrogen) atoms. The van der Waals surface area contributed by atoms with Crippen LogP contribution < -0.4 is 21.7 Å². The zero-order valence-electron chi connectivity index (χ0n) is 13.4. The molecular formula is C15H23F2N5O. The summed E-state index contributed by atoms with van der Waals surface area (Å²) in [6.07, 6.45) is 0.106. The van der Waals surface area contributed by atoms with E-state index in [9.17, 15) is 13.6 Å². The van der Waals surface area contributed by atoms with E-state index in [4.69, 9.17) is 11.5 Å². The number of halogens is 2. The van der Waals surface area contributed by atoms with Crippen molar-refractivity contribution in [2.24, 2.45) is 0 Å². The average molecular weight is 327 g/mol. The Bertz CT molecular complexity index is 583. The van der Waals surface area contributed by atoms with Gasteiger partial charge in [0.2, 0.25) is 5.92 Å². The second-order valence-electron chi connectivity index (χ2n) is 5.95. The van der Waals surface area contributed by atoms with Crippen LogP contribution in [0.2, 0.25) is 0 Å². The number of anilines is 3. The number of pyridine rings is 1. The molecule has 0 spiro atoms. The Kier molecular flexibility index (Phi) is 4.91. The first-order valence-corrected chi connectivity index (χ1v) is 7.69. The van der Waals surface area contributed by atoms with Crippen molar-refractivity contribution in [1.29, 1.82) is 0 Å². The molecule has 1 aliphatic carbocycles. The van der Waals surface area contributed by atoms with E-state index in [2.05, 4.69) is 10.3 Å². The fraction of sp³-hybridized carbons (Fsp3) is 0.600. The number of nitrogens with one attached hydrogen (secondary N) is 1. The second-order valence-corrected chi connectivity index (χ2v) is 5.95. The minimum absolute atomic E-state index is 0.161. The van der Waals surface area contributed by atoms with Crippen LogP contribution in [0, 0.1) is 0 Å². The zero-order valence-corrected chi connectivity index (χ0v) is 13.4. The Morgan fingerprint density at radius 3 is 2.61 bits per heavy atom. The molecule has 0 aliphatic heterocycles. The first-order valence-electron chi connectivity index (χ1n) is 7.69. The summed E-state index contributed by atoms with van der Waals surface area (Å²) in [6.45, 7) is 2.55. The van der Waals surface area contributed by atoms with Crippen LogP contribution in [0.1, 0.15) is 43.0 Å². The number of rotatable bonds is 4. The zero-order chi connectivity index (χ0) is 17.2. The molecule has 0 aromatic carbocycles. The Morgan fingerprint density at radius 1 is 1.43 bits per heavy atom. The van der Waals surface area contributed by atoms with Crippen LogP contribution in [0.4, 0.5) is 26.1 Å². The van der Waals surface area contributed by atoms with Crippen LogP contribution in [0.3, 0.4) is 0 Å². The van der Waals surface area contributed by atoms with Gasteiger partial charge in [-0.05, 0) is 25.8 Å². The molecule has 2 rings (SSSR count). The van der Waals surface area contributed by atoms with Crippen molar-refractivity contribution >= 4 is 23.2 Å². The lowest BCUT2D eigenvalue weighted by molar-refractivity contribution is -0.0399. The van der Waals surface area contributed by atoms with E-state index in [0.717, 1.165) is 0 Å². The van der Waals surface area contributed by atoms with E-state index in [1.165, 1.54) is 6.07 Å². The maximum atomic E-state index is 13.2. The van der Waals surface area contributed by atoms with E-state index in [1.807, 2.05) is 6.92 Å². The van der Waals surface area contributed by atoms with Gasteiger partial charge >= 0.3 is 0 Å². The molecule has 1 heterocycles. The van der Waals surface area contributed by atoms with Crippen molar-refractivity contribution in [3.05, 3.63) is 11.6 Å². The highest BCUT2D eigenvalue weighted by atomic mass is 19.3. The number of hydrogen-bond donors (Lipinski definition) is 3. The first kappa shape index (κ1) is 17.2. The van der Waals surface area contributed by atoms with Crippen LogP contribution in [-0.4, -0.2) is 36.4 Å². The number of nitrogen functional groups attached to an aromatic ring is 2. The molecule has 6 nitrogen and oxygen atoms in total. The quantitative estimate of drug-likeness (QED) is 0.786. The molecular weight excluding hydrogens is 304 g/mol. The summed E-state index contributed by atoms with van der Waals surface area (Å²) in [5, 5.41) is 2.80. The fourth-order valence-corrected chi connectivity index (χ4v) is 2.59. The Morgan fingerprint density at radius 2 is 2.04 bits per heavy atom. The van der Waals surface area contributed by atoms with Crippen LogP contribution in [0.15, 0.2) is 6.07 Å². The number of amides is 1. The summed E-state index contributed by atoms with van der Waals surface area (Å²) in [4.78, 5) is 18.5. The Hall–Kier alpha value is -2.12. The van der Waals surface area contributed by atoms with Crippen LogP contribution in [-0.2, 0) is 0 Å². The number of carbonyl (C=O) groups excluding carboxylic acids is 1. The average Bonchev–Trinajstić information content (AvgIpc) is 2.50. The van der Waals surface area contributed by atoms with Gasteiger partial charge in [0, 0.05) is 32.5 Å². The SMILES string of the molecule is CCN(C)c1nc(N)c(N)cc1C(=O)NC1CCC(F)(F)CC1. The molecule has 0 radical (unpaired) electrons. The molecule has 128 valence electrons. The van der Waals surface area contributed by atoms with Gasteiger partial charge in [0.25, 0.3) is 5.91 Å². The smallest absolute Gasteiger partial charge is 0.255 e. The summed E-state index contributed by atoms with van der Waals surface area (Å²) < 4.78 is 26.4. The van der Waals surface area contributed by atoms with Crippen molar-refractivity contribution < 1.29 is 13.6 Å². The molecule has 0 atom stereocenters. The molecule has 1 aromatic heterocycles. The maximum absolute atomic E-state index is 13.2. The van der Waals surface area contributed by atoms with Crippen molar-refractivity contribution in [3.8, 4) is 0 Å². The van der Waals surface area contributed by atoms with Gasteiger partial charge in [-0.3, -0.25) is 4.79 Å². The van der Waals surface area contributed by atoms with E-state index in [-0.39, 0.29) is 49.1 Å². The number of aromatic nitrogens is 1. The second kappa shape index (κ2) is 6.55. The predicted molar refractivity (Wildman–Crippen MR) is 86.7 cm³/mol.